The van der Waals surface area contributed by atoms with Crippen molar-refractivity contribution in [3.8, 4) is 0 Å². The zero-order chi connectivity index (χ0) is 8.55. The number of hydrogen-bond acceptors (Lipinski definition) is 3. The minimum atomic E-state index is 0.444. The van der Waals surface area contributed by atoms with E-state index in [-0.39, 0.29) is 0 Å². The quantitative estimate of drug-likeness (QED) is 0.659. The molecule has 3 N–H and O–H groups in total. The molecular weight excluding hydrogens is 152 g/mol. The summed E-state index contributed by atoms with van der Waals surface area (Å²) < 4.78 is 0. The number of rotatable bonds is 1. The van der Waals surface area contributed by atoms with Gasteiger partial charge in [0, 0.05) is 5.69 Å². The Morgan fingerprint density at radius 1 is 1.58 bits per heavy atom. The molecule has 0 aliphatic heterocycles. The van der Waals surface area contributed by atoms with Crippen LogP contribution in [0.4, 0.5) is 5.95 Å². The number of nitrogens with two attached hydrogens (primary N) is 1. The summed E-state index contributed by atoms with van der Waals surface area (Å²) in [5, 5.41) is 0. The highest BCUT2D eigenvalue weighted by Crippen LogP contribution is 2.12. The van der Waals surface area contributed by atoms with Crippen molar-refractivity contribution in [2.24, 2.45) is 0 Å². The van der Waals surface area contributed by atoms with Gasteiger partial charge in [0.05, 0.1) is 11.7 Å². The van der Waals surface area contributed by atoms with Crippen molar-refractivity contribution >= 4 is 17.0 Å². The van der Waals surface area contributed by atoms with Crippen LogP contribution in [0.5, 0.6) is 0 Å². The van der Waals surface area contributed by atoms with Crippen LogP contribution in [0.1, 0.15) is 12.6 Å². The molecule has 4 heteroatoms. The summed E-state index contributed by atoms with van der Waals surface area (Å²) in [6, 6.07) is 1.97. The van der Waals surface area contributed by atoms with E-state index in [9.17, 15) is 0 Å². The first-order valence-corrected chi connectivity index (χ1v) is 3.89. The summed E-state index contributed by atoms with van der Waals surface area (Å²) in [5.41, 5.74) is 8.32. The third-order valence-electron chi connectivity index (χ3n) is 1.81. The average Bonchev–Trinajstić information content (AvgIpc) is 2.43. The Bertz CT molecular complexity index is 404. The number of aromatic amines is 1. The van der Waals surface area contributed by atoms with Gasteiger partial charge in [0.1, 0.15) is 5.52 Å². The monoisotopic (exact) mass is 162 g/mol. The number of nitrogen functional groups attached to an aromatic ring is 1. The number of hydrogen-bond donors (Lipinski definition) is 2. The van der Waals surface area contributed by atoms with Crippen molar-refractivity contribution in [2.75, 3.05) is 5.73 Å². The predicted octanol–water partition coefficient (Wildman–Crippen LogP) is 1.10. The van der Waals surface area contributed by atoms with Crippen molar-refractivity contribution in [1.29, 1.82) is 0 Å². The second kappa shape index (κ2) is 2.48. The van der Waals surface area contributed by atoms with Gasteiger partial charge in [0.2, 0.25) is 0 Å². The van der Waals surface area contributed by atoms with Crippen molar-refractivity contribution < 1.29 is 0 Å². The van der Waals surface area contributed by atoms with Crippen LogP contribution in [-0.4, -0.2) is 15.0 Å². The van der Waals surface area contributed by atoms with E-state index in [2.05, 4.69) is 21.9 Å². The average molecular weight is 162 g/mol. The zero-order valence-electron chi connectivity index (χ0n) is 6.83. The molecule has 2 aromatic rings. The third kappa shape index (κ3) is 1.01. The molecule has 0 radical (unpaired) electrons. The Morgan fingerprint density at radius 2 is 2.42 bits per heavy atom. The molecule has 0 saturated carbocycles. The van der Waals surface area contributed by atoms with Gasteiger partial charge < -0.3 is 10.7 Å². The van der Waals surface area contributed by atoms with E-state index in [0.717, 1.165) is 23.1 Å². The van der Waals surface area contributed by atoms with E-state index >= 15 is 0 Å². The molecule has 62 valence electrons. The second-order valence-electron chi connectivity index (χ2n) is 2.67. The van der Waals surface area contributed by atoms with Crippen molar-refractivity contribution in [3.63, 3.8) is 0 Å². The van der Waals surface area contributed by atoms with E-state index in [1.54, 1.807) is 6.20 Å². The molecule has 0 bridgehead atoms. The minimum Gasteiger partial charge on any atom is -0.369 e. The van der Waals surface area contributed by atoms with Gasteiger partial charge >= 0.3 is 0 Å². The molecule has 0 aromatic carbocycles. The smallest absolute Gasteiger partial charge is 0.198 e. The molecule has 12 heavy (non-hydrogen) atoms. The number of anilines is 1. The lowest BCUT2D eigenvalue weighted by molar-refractivity contribution is 1.04. The highest BCUT2D eigenvalue weighted by Gasteiger charge is 2.00. The van der Waals surface area contributed by atoms with Crippen molar-refractivity contribution in [1.82, 2.24) is 15.0 Å². The Morgan fingerprint density at radius 3 is 3.17 bits per heavy atom. The lowest BCUT2D eigenvalue weighted by atomic mass is 10.3. The van der Waals surface area contributed by atoms with Crippen LogP contribution in [0.25, 0.3) is 11.0 Å². The fourth-order valence-electron chi connectivity index (χ4n) is 1.17. The lowest BCUT2D eigenvalue weighted by Crippen LogP contribution is -1.84. The summed E-state index contributed by atoms with van der Waals surface area (Å²) in [7, 11) is 0. The first-order valence-electron chi connectivity index (χ1n) is 3.89. The molecule has 0 spiro atoms. The van der Waals surface area contributed by atoms with Gasteiger partial charge in [0.25, 0.3) is 0 Å². The van der Waals surface area contributed by atoms with Crippen LogP contribution in [0.2, 0.25) is 0 Å². The molecule has 4 nitrogen and oxygen atoms in total. The maximum absolute atomic E-state index is 5.49. The van der Waals surface area contributed by atoms with Crippen LogP contribution in [0.15, 0.2) is 12.3 Å². The summed E-state index contributed by atoms with van der Waals surface area (Å²) >= 11 is 0. The van der Waals surface area contributed by atoms with Gasteiger partial charge in [-0.25, -0.2) is 4.98 Å². The van der Waals surface area contributed by atoms with Crippen molar-refractivity contribution in [2.45, 2.75) is 13.3 Å². The van der Waals surface area contributed by atoms with Crippen LogP contribution in [-0.2, 0) is 6.42 Å². The first kappa shape index (κ1) is 7.09. The number of fused-ring (bicyclic) bond motifs is 1. The first-order chi connectivity index (χ1) is 5.79. The zero-order valence-corrected chi connectivity index (χ0v) is 6.83. The number of imidazole rings is 1. The van der Waals surface area contributed by atoms with E-state index in [0.29, 0.717) is 5.95 Å². The molecule has 0 aliphatic carbocycles. The maximum Gasteiger partial charge on any atom is 0.198 e. The predicted molar refractivity (Wildman–Crippen MR) is 47.7 cm³/mol. The number of nitrogens with one attached hydrogen (secondary N) is 1. The number of aromatic nitrogens is 3. The third-order valence-corrected chi connectivity index (χ3v) is 1.81. The summed E-state index contributed by atoms with van der Waals surface area (Å²) in [6.07, 6.45) is 2.66. The molecule has 2 rings (SSSR count). The van der Waals surface area contributed by atoms with Gasteiger partial charge in [0.15, 0.2) is 5.95 Å². The van der Waals surface area contributed by atoms with E-state index in [4.69, 9.17) is 5.73 Å². The normalized spacial score (nSPS) is 10.8. The molecule has 0 saturated heterocycles. The molecule has 0 fully saturated rings. The summed E-state index contributed by atoms with van der Waals surface area (Å²) in [4.78, 5) is 11.2. The van der Waals surface area contributed by atoms with Crippen LogP contribution in [0, 0.1) is 0 Å². The highest BCUT2D eigenvalue weighted by molar-refractivity contribution is 5.76. The second-order valence-corrected chi connectivity index (χ2v) is 2.67. The molecule has 2 heterocycles. The Kier molecular flexibility index (Phi) is 1.46. The lowest BCUT2D eigenvalue weighted by Gasteiger charge is -1.92. The standard InChI is InChI=1S/C8H10N4/c1-2-5-3-6-7(4-10-5)12-8(9)11-6/h3-4H,2H2,1H3,(H3,9,11,12). The van der Waals surface area contributed by atoms with Crippen LogP contribution >= 0.6 is 0 Å². The molecule has 0 aliphatic rings. The maximum atomic E-state index is 5.49. The van der Waals surface area contributed by atoms with Gasteiger partial charge in [-0.15, -0.1) is 0 Å². The Hall–Kier alpha value is -1.58. The topological polar surface area (TPSA) is 67.6 Å². The van der Waals surface area contributed by atoms with Gasteiger partial charge in [-0.1, -0.05) is 6.92 Å². The Labute approximate surface area is 69.8 Å². The SMILES string of the molecule is CCc1cc2[nH]c(N)nc2cn1. The summed E-state index contributed by atoms with van der Waals surface area (Å²) in [5.74, 6) is 0.444. The Balaban J connectivity index is 2.66. The van der Waals surface area contributed by atoms with Crippen LogP contribution in [0.3, 0.4) is 0 Å². The molecule has 0 atom stereocenters. The largest absolute Gasteiger partial charge is 0.369 e. The molecule has 2 aromatic heterocycles. The fraction of sp³-hybridized carbons (Fsp3) is 0.250. The van der Waals surface area contributed by atoms with E-state index in [1.165, 1.54) is 0 Å². The number of H-pyrrole nitrogens is 1. The molecular formula is C8H10N4. The number of aryl methyl sites for hydroxylation is 1. The van der Waals surface area contributed by atoms with Crippen molar-refractivity contribution in [3.05, 3.63) is 18.0 Å². The van der Waals surface area contributed by atoms with E-state index < -0.39 is 0 Å². The van der Waals surface area contributed by atoms with E-state index in [1.807, 2.05) is 6.07 Å². The van der Waals surface area contributed by atoms with Crippen LogP contribution < -0.4 is 5.73 Å². The molecule has 0 unspecified atom stereocenters. The molecule has 0 amide bonds. The number of pyridine rings is 1. The van der Waals surface area contributed by atoms with Gasteiger partial charge in [-0.2, -0.15) is 0 Å². The number of nitrogens with zero attached hydrogens (tertiary/aromatic N) is 2. The van der Waals surface area contributed by atoms with Gasteiger partial charge in [-0.3, -0.25) is 4.98 Å². The van der Waals surface area contributed by atoms with Gasteiger partial charge in [-0.05, 0) is 12.5 Å². The highest BCUT2D eigenvalue weighted by atomic mass is 15.0. The minimum absolute atomic E-state index is 0.444. The fourth-order valence-corrected chi connectivity index (χ4v) is 1.17. The summed E-state index contributed by atoms with van der Waals surface area (Å²) in [6.45, 7) is 2.06.